The molecule has 1 N–H and O–H groups in total. The second kappa shape index (κ2) is 10.3. The molecule has 2 aromatic rings. The fourth-order valence-electron chi connectivity index (χ4n) is 4.96. The molecule has 0 spiro atoms. The molecule has 0 bridgehead atoms. The first-order chi connectivity index (χ1) is 16.0. The van der Waals surface area contributed by atoms with E-state index < -0.39 is 29.7 Å². The highest BCUT2D eigenvalue weighted by Gasteiger charge is 2.45. The highest BCUT2D eigenvalue weighted by Crippen LogP contribution is 2.43. The monoisotopic (exact) mass is 453 g/mol. The van der Waals surface area contributed by atoms with Gasteiger partial charge in [-0.25, -0.2) is 4.39 Å². The van der Waals surface area contributed by atoms with Gasteiger partial charge in [-0.05, 0) is 49.7 Å². The van der Waals surface area contributed by atoms with Crippen molar-refractivity contribution in [2.45, 2.75) is 38.0 Å². The summed E-state index contributed by atoms with van der Waals surface area (Å²) in [4.78, 5) is 30.1. The first-order valence-corrected chi connectivity index (χ1v) is 11.8. The van der Waals surface area contributed by atoms with Crippen molar-refractivity contribution in [3.63, 3.8) is 0 Å². The predicted molar refractivity (Wildman–Crippen MR) is 127 cm³/mol. The second-order valence-corrected chi connectivity index (χ2v) is 8.86. The molecule has 1 aliphatic heterocycles. The molecular formula is C26H32FN3O3. The van der Waals surface area contributed by atoms with Crippen LogP contribution in [-0.2, 0) is 19.7 Å². The van der Waals surface area contributed by atoms with Crippen LogP contribution in [0.2, 0.25) is 0 Å². The van der Waals surface area contributed by atoms with Gasteiger partial charge in [0.2, 0.25) is 0 Å². The standard InChI is InChI=1S/C26H32FN3O3/c1-2-29-15-17-30(18-16-29)21-11-9-20(10-12-21)28-24(31)19-33-25(32)26(13-5-6-14-26)22-7-3-4-8-23(22)27/h3-4,7-12H,2,5-6,13-19H2,1H3,(H,28,31). The molecule has 6 nitrogen and oxygen atoms in total. The zero-order valence-electron chi connectivity index (χ0n) is 19.2. The average Bonchev–Trinajstić information content (AvgIpc) is 3.34. The van der Waals surface area contributed by atoms with Gasteiger partial charge < -0.3 is 19.9 Å². The van der Waals surface area contributed by atoms with Gasteiger partial charge in [-0.3, -0.25) is 9.59 Å². The number of hydrogen-bond acceptors (Lipinski definition) is 5. The molecule has 1 saturated carbocycles. The summed E-state index contributed by atoms with van der Waals surface area (Å²) < 4.78 is 19.8. The maximum Gasteiger partial charge on any atom is 0.317 e. The van der Waals surface area contributed by atoms with Crippen molar-refractivity contribution in [3.8, 4) is 0 Å². The van der Waals surface area contributed by atoms with E-state index >= 15 is 0 Å². The summed E-state index contributed by atoms with van der Waals surface area (Å²) in [6.07, 6.45) is 2.72. The lowest BCUT2D eigenvalue weighted by Gasteiger charge is -2.35. The molecule has 2 fully saturated rings. The van der Waals surface area contributed by atoms with E-state index in [2.05, 4.69) is 22.0 Å². The van der Waals surface area contributed by atoms with Crippen molar-refractivity contribution in [2.24, 2.45) is 0 Å². The Balaban J connectivity index is 1.32. The van der Waals surface area contributed by atoms with Crippen molar-refractivity contribution in [2.75, 3.05) is 49.5 Å². The van der Waals surface area contributed by atoms with Gasteiger partial charge in [0.1, 0.15) is 5.82 Å². The Kier molecular flexibility index (Phi) is 7.28. The summed E-state index contributed by atoms with van der Waals surface area (Å²) in [5.74, 6) is -1.34. The molecule has 0 radical (unpaired) electrons. The Hall–Kier alpha value is -2.93. The van der Waals surface area contributed by atoms with Crippen molar-refractivity contribution in [3.05, 3.63) is 59.9 Å². The van der Waals surface area contributed by atoms with Crippen molar-refractivity contribution < 1.29 is 18.7 Å². The maximum atomic E-state index is 14.4. The number of nitrogens with zero attached hydrogens (tertiary/aromatic N) is 2. The molecule has 176 valence electrons. The van der Waals surface area contributed by atoms with Gasteiger partial charge in [-0.2, -0.15) is 0 Å². The molecular weight excluding hydrogens is 421 g/mol. The van der Waals surface area contributed by atoms with Crippen LogP contribution in [0.1, 0.15) is 38.2 Å². The number of piperazine rings is 1. The molecule has 0 aromatic heterocycles. The Labute approximate surface area is 194 Å². The Morgan fingerprint density at radius 2 is 1.67 bits per heavy atom. The van der Waals surface area contributed by atoms with E-state index in [0.29, 0.717) is 24.1 Å². The summed E-state index contributed by atoms with van der Waals surface area (Å²) in [5.41, 5.74) is 1.14. The van der Waals surface area contributed by atoms with Gasteiger partial charge in [0.05, 0.1) is 5.41 Å². The highest BCUT2D eigenvalue weighted by atomic mass is 19.1. The fourth-order valence-corrected chi connectivity index (χ4v) is 4.96. The molecule has 2 aliphatic rings. The number of likely N-dealkylation sites (N-methyl/N-ethyl adjacent to an activating group) is 1. The first kappa shape index (κ1) is 23.2. The Morgan fingerprint density at radius 3 is 2.30 bits per heavy atom. The van der Waals surface area contributed by atoms with Gasteiger partial charge in [-0.1, -0.05) is 38.0 Å². The highest BCUT2D eigenvalue weighted by molar-refractivity contribution is 5.94. The summed E-state index contributed by atoms with van der Waals surface area (Å²) >= 11 is 0. The smallest absolute Gasteiger partial charge is 0.317 e. The van der Waals surface area contributed by atoms with Crippen molar-refractivity contribution in [1.82, 2.24) is 4.90 Å². The van der Waals surface area contributed by atoms with E-state index in [9.17, 15) is 14.0 Å². The number of nitrogens with one attached hydrogen (secondary N) is 1. The van der Waals surface area contributed by atoms with E-state index in [1.807, 2.05) is 24.3 Å². The zero-order valence-corrected chi connectivity index (χ0v) is 19.2. The van der Waals surface area contributed by atoms with E-state index in [1.54, 1.807) is 18.2 Å². The Bertz CT molecular complexity index is 965. The third-order valence-corrected chi connectivity index (χ3v) is 6.91. The zero-order chi connectivity index (χ0) is 23.3. The van der Waals surface area contributed by atoms with Crippen LogP contribution in [0.3, 0.4) is 0 Å². The largest absolute Gasteiger partial charge is 0.455 e. The van der Waals surface area contributed by atoms with Crippen LogP contribution in [0.4, 0.5) is 15.8 Å². The van der Waals surface area contributed by atoms with E-state index in [0.717, 1.165) is 51.3 Å². The number of esters is 1. The van der Waals surface area contributed by atoms with Gasteiger partial charge in [0.15, 0.2) is 6.61 Å². The number of halogens is 1. The van der Waals surface area contributed by atoms with Crippen LogP contribution in [0.15, 0.2) is 48.5 Å². The molecule has 33 heavy (non-hydrogen) atoms. The number of amides is 1. The number of carbonyl (C=O) groups is 2. The van der Waals surface area contributed by atoms with Gasteiger partial charge >= 0.3 is 5.97 Å². The molecule has 1 heterocycles. The molecule has 4 rings (SSSR count). The lowest BCUT2D eigenvalue weighted by atomic mass is 9.78. The van der Waals surface area contributed by atoms with Crippen molar-refractivity contribution >= 4 is 23.3 Å². The molecule has 1 amide bonds. The molecule has 2 aromatic carbocycles. The SMILES string of the molecule is CCN1CCN(c2ccc(NC(=O)COC(=O)C3(c4ccccc4F)CCCC3)cc2)CC1. The summed E-state index contributed by atoms with van der Waals surface area (Å²) in [7, 11) is 0. The molecule has 0 unspecified atom stereocenters. The minimum absolute atomic E-state index is 0.364. The minimum Gasteiger partial charge on any atom is -0.455 e. The van der Waals surface area contributed by atoms with E-state index in [-0.39, 0.29) is 0 Å². The summed E-state index contributed by atoms with van der Waals surface area (Å²) in [6, 6.07) is 14.1. The normalized spacial score (nSPS) is 18.2. The van der Waals surface area contributed by atoms with Crippen LogP contribution in [0.25, 0.3) is 0 Å². The van der Waals surface area contributed by atoms with Crippen LogP contribution < -0.4 is 10.2 Å². The van der Waals surface area contributed by atoms with E-state index in [4.69, 9.17) is 4.74 Å². The van der Waals surface area contributed by atoms with Gasteiger partial charge in [0.25, 0.3) is 5.91 Å². The van der Waals surface area contributed by atoms with Crippen LogP contribution in [0, 0.1) is 5.82 Å². The fraction of sp³-hybridized carbons (Fsp3) is 0.462. The number of anilines is 2. The topological polar surface area (TPSA) is 61.9 Å². The van der Waals surface area contributed by atoms with Gasteiger partial charge in [-0.15, -0.1) is 0 Å². The van der Waals surface area contributed by atoms with Gasteiger partial charge in [0, 0.05) is 43.1 Å². The lowest BCUT2D eigenvalue weighted by molar-refractivity contribution is -0.153. The number of rotatable bonds is 7. The van der Waals surface area contributed by atoms with E-state index in [1.165, 1.54) is 6.07 Å². The first-order valence-electron chi connectivity index (χ1n) is 11.8. The number of hydrogen-bond donors (Lipinski definition) is 1. The lowest BCUT2D eigenvalue weighted by Crippen LogP contribution is -2.46. The van der Waals surface area contributed by atoms with Crippen LogP contribution in [-0.4, -0.2) is 56.1 Å². The minimum atomic E-state index is -1.00. The number of ether oxygens (including phenoxy) is 1. The molecule has 7 heteroatoms. The predicted octanol–water partition coefficient (Wildman–Crippen LogP) is 3.96. The Morgan fingerprint density at radius 1 is 1.00 bits per heavy atom. The quantitative estimate of drug-likeness (QED) is 0.643. The van der Waals surface area contributed by atoms with Crippen LogP contribution >= 0.6 is 0 Å². The second-order valence-electron chi connectivity index (χ2n) is 8.86. The molecule has 1 saturated heterocycles. The molecule has 0 atom stereocenters. The summed E-state index contributed by atoms with van der Waals surface area (Å²) in [5, 5.41) is 2.78. The average molecular weight is 454 g/mol. The number of benzene rings is 2. The third-order valence-electron chi connectivity index (χ3n) is 6.91. The summed E-state index contributed by atoms with van der Waals surface area (Å²) in [6.45, 7) is 6.93. The van der Waals surface area contributed by atoms with Crippen molar-refractivity contribution in [1.29, 1.82) is 0 Å². The maximum absolute atomic E-state index is 14.4. The number of carbonyl (C=O) groups excluding carboxylic acids is 2. The van der Waals surface area contributed by atoms with Crippen LogP contribution in [0.5, 0.6) is 0 Å². The molecule has 1 aliphatic carbocycles. The third kappa shape index (κ3) is 5.19.